The molecule has 1 aromatic carbocycles. The van der Waals surface area contributed by atoms with Crippen molar-refractivity contribution in [3.63, 3.8) is 0 Å². The van der Waals surface area contributed by atoms with E-state index in [1.807, 2.05) is 12.1 Å². The lowest BCUT2D eigenvalue weighted by atomic mass is 9.74. The number of nitrogens with zero attached hydrogens (tertiary/aromatic N) is 1. The van der Waals surface area contributed by atoms with Crippen molar-refractivity contribution in [2.75, 3.05) is 26.7 Å². The van der Waals surface area contributed by atoms with E-state index in [1.54, 1.807) is 7.11 Å². The maximum Gasteiger partial charge on any atom is 0.118 e. The van der Waals surface area contributed by atoms with Crippen LogP contribution in [-0.4, -0.2) is 37.7 Å². The molecular weight excluding hydrogens is 260 g/mol. The summed E-state index contributed by atoms with van der Waals surface area (Å²) < 4.78 is 5.20. The molecule has 3 fully saturated rings. The second kappa shape index (κ2) is 6.80. The minimum atomic E-state index is 0.754. The van der Waals surface area contributed by atoms with Crippen molar-refractivity contribution in [2.24, 2.45) is 11.8 Å². The van der Waals surface area contributed by atoms with Crippen molar-refractivity contribution in [2.45, 2.75) is 38.8 Å². The first-order valence-electron chi connectivity index (χ1n) is 8.37. The Labute approximate surface area is 128 Å². The molecule has 0 saturated carbocycles. The van der Waals surface area contributed by atoms with Gasteiger partial charge in [0.05, 0.1) is 7.11 Å². The van der Waals surface area contributed by atoms with Gasteiger partial charge in [-0.3, -0.25) is 4.90 Å². The molecule has 2 bridgehead atoms. The molecule has 0 radical (unpaired) electrons. The summed E-state index contributed by atoms with van der Waals surface area (Å²) in [6.07, 6.45) is 4.18. The monoisotopic (exact) mass is 288 g/mol. The van der Waals surface area contributed by atoms with Gasteiger partial charge in [0.25, 0.3) is 0 Å². The highest BCUT2D eigenvalue weighted by atomic mass is 16.5. The zero-order chi connectivity index (χ0) is 14.7. The Kier molecular flexibility index (Phi) is 4.81. The maximum absolute atomic E-state index is 5.20. The van der Waals surface area contributed by atoms with Crippen LogP contribution in [0.5, 0.6) is 5.75 Å². The van der Waals surface area contributed by atoms with Gasteiger partial charge in [0.15, 0.2) is 0 Å². The SMILES string of the molecule is CC[C@@H]1CN2CC[C@H]1C[C@@H]2CNCc1ccc(OC)cc1. The summed E-state index contributed by atoms with van der Waals surface area (Å²) in [5.41, 5.74) is 1.33. The topological polar surface area (TPSA) is 24.5 Å². The molecule has 1 N–H and O–H groups in total. The first kappa shape index (κ1) is 14.9. The average Bonchev–Trinajstić information content (AvgIpc) is 2.56. The third-order valence-electron chi connectivity index (χ3n) is 5.41. The van der Waals surface area contributed by atoms with Crippen LogP contribution in [0.3, 0.4) is 0 Å². The minimum absolute atomic E-state index is 0.754. The third-order valence-corrected chi connectivity index (χ3v) is 5.41. The van der Waals surface area contributed by atoms with Crippen LogP contribution < -0.4 is 10.1 Å². The number of ether oxygens (including phenoxy) is 1. The summed E-state index contributed by atoms with van der Waals surface area (Å²) in [6, 6.07) is 9.12. The van der Waals surface area contributed by atoms with Gasteiger partial charge < -0.3 is 10.1 Å². The van der Waals surface area contributed by atoms with Crippen LogP contribution in [-0.2, 0) is 6.54 Å². The van der Waals surface area contributed by atoms with E-state index in [1.165, 1.54) is 37.9 Å². The van der Waals surface area contributed by atoms with Gasteiger partial charge in [-0.15, -0.1) is 0 Å². The summed E-state index contributed by atoms with van der Waals surface area (Å²) in [4.78, 5) is 2.72. The van der Waals surface area contributed by atoms with Gasteiger partial charge in [0, 0.05) is 25.7 Å². The Morgan fingerprint density at radius 3 is 2.71 bits per heavy atom. The Morgan fingerprint density at radius 2 is 2.10 bits per heavy atom. The summed E-state index contributed by atoms with van der Waals surface area (Å²) in [5, 5.41) is 3.64. The molecule has 3 heteroatoms. The minimum Gasteiger partial charge on any atom is -0.497 e. The lowest BCUT2D eigenvalue weighted by Crippen LogP contribution is -2.56. The van der Waals surface area contributed by atoms with Gasteiger partial charge >= 0.3 is 0 Å². The molecule has 0 aliphatic carbocycles. The van der Waals surface area contributed by atoms with E-state index in [0.29, 0.717) is 0 Å². The third kappa shape index (κ3) is 3.41. The first-order valence-corrected chi connectivity index (χ1v) is 8.37. The van der Waals surface area contributed by atoms with E-state index in [0.717, 1.165) is 36.7 Å². The summed E-state index contributed by atoms with van der Waals surface area (Å²) in [6.45, 7) is 7.07. The van der Waals surface area contributed by atoms with E-state index >= 15 is 0 Å². The number of fused-ring (bicyclic) bond motifs is 3. The Hall–Kier alpha value is -1.06. The van der Waals surface area contributed by atoms with Gasteiger partial charge in [-0.25, -0.2) is 0 Å². The number of piperidine rings is 3. The molecular formula is C18H28N2O. The second-order valence-corrected chi connectivity index (χ2v) is 6.58. The fourth-order valence-corrected chi connectivity index (χ4v) is 4.05. The standard InChI is InChI=1S/C18H28N2O/c1-3-15-13-20-9-8-16(15)10-17(20)12-19-11-14-4-6-18(21-2)7-5-14/h4-7,15-17,19H,3,8-13H2,1-2H3/t15-,16+,17-/m1/s1. The molecule has 0 amide bonds. The largest absolute Gasteiger partial charge is 0.497 e. The zero-order valence-electron chi connectivity index (χ0n) is 13.3. The van der Waals surface area contributed by atoms with E-state index in [9.17, 15) is 0 Å². The number of nitrogens with one attached hydrogen (secondary N) is 1. The number of hydrogen-bond donors (Lipinski definition) is 1. The molecule has 3 aliphatic rings. The zero-order valence-corrected chi connectivity index (χ0v) is 13.3. The van der Waals surface area contributed by atoms with Crippen LogP contribution in [0.2, 0.25) is 0 Å². The Bertz CT molecular complexity index is 445. The quantitative estimate of drug-likeness (QED) is 0.871. The Morgan fingerprint density at radius 1 is 1.29 bits per heavy atom. The van der Waals surface area contributed by atoms with Gasteiger partial charge in [-0.1, -0.05) is 25.5 Å². The lowest BCUT2D eigenvalue weighted by Gasteiger charge is -2.50. The summed E-state index contributed by atoms with van der Waals surface area (Å²) in [5.74, 6) is 2.87. The highest BCUT2D eigenvalue weighted by Crippen LogP contribution is 2.37. The molecule has 3 aliphatic heterocycles. The van der Waals surface area contributed by atoms with Crippen LogP contribution in [0.25, 0.3) is 0 Å². The summed E-state index contributed by atoms with van der Waals surface area (Å²) in [7, 11) is 1.71. The highest BCUT2D eigenvalue weighted by Gasteiger charge is 2.38. The predicted octanol–water partition coefficient (Wildman–Crippen LogP) is 2.91. The molecule has 0 spiro atoms. The number of hydrogen-bond acceptors (Lipinski definition) is 3. The van der Waals surface area contributed by atoms with Gasteiger partial charge in [0.1, 0.15) is 5.75 Å². The summed E-state index contributed by atoms with van der Waals surface area (Å²) >= 11 is 0. The Balaban J connectivity index is 1.45. The van der Waals surface area contributed by atoms with Gasteiger partial charge in [-0.2, -0.15) is 0 Å². The van der Waals surface area contributed by atoms with Crippen LogP contribution in [0.1, 0.15) is 31.7 Å². The van der Waals surface area contributed by atoms with E-state index < -0.39 is 0 Å². The molecule has 1 aromatic rings. The van der Waals surface area contributed by atoms with Crippen molar-refractivity contribution in [3.05, 3.63) is 29.8 Å². The fraction of sp³-hybridized carbons (Fsp3) is 0.667. The van der Waals surface area contributed by atoms with Gasteiger partial charge in [0.2, 0.25) is 0 Å². The molecule has 21 heavy (non-hydrogen) atoms. The van der Waals surface area contributed by atoms with E-state index in [4.69, 9.17) is 4.74 Å². The molecule has 4 rings (SSSR count). The number of rotatable bonds is 6. The highest BCUT2D eigenvalue weighted by molar-refractivity contribution is 5.27. The van der Waals surface area contributed by atoms with Crippen molar-refractivity contribution in [3.8, 4) is 5.75 Å². The first-order chi connectivity index (χ1) is 10.3. The van der Waals surface area contributed by atoms with Crippen LogP contribution >= 0.6 is 0 Å². The molecule has 4 atom stereocenters. The van der Waals surface area contributed by atoms with E-state index in [2.05, 4.69) is 29.3 Å². The average molecular weight is 288 g/mol. The van der Waals surface area contributed by atoms with Crippen LogP contribution in [0.4, 0.5) is 0 Å². The smallest absolute Gasteiger partial charge is 0.118 e. The maximum atomic E-state index is 5.20. The van der Waals surface area contributed by atoms with Crippen molar-refractivity contribution in [1.82, 2.24) is 10.2 Å². The normalized spacial score (nSPS) is 31.3. The number of benzene rings is 1. The molecule has 3 heterocycles. The predicted molar refractivity (Wildman–Crippen MR) is 86.6 cm³/mol. The lowest BCUT2D eigenvalue weighted by molar-refractivity contribution is 0.000333. The van der Waals surface area contributed by atoms with E-state index in [-0.39, 0.29) is 0 Å². The molecule has 3 nitrogen and oxygen atoms in total. The molecule has 0 aromatic heterocycles. The molecule has 116 valence electrons. The van der Waals surface area contributed by atoms with Gasteiger partial charge in [-0.05, 0) is 48.9 Å². The van der Waals surface area contributed by atoms with Crippen molar-refractivity contribution in [1.29, 1.82) is 0 Å². The van der Waals surface area contributed by atoms with Crippen molar-refractivity contribution < 1.29 is 4.74 Å². The fourth-order valence-electron chi connectivity index (χ4n) is 4.05. The molecule has 1 unspecified atom stereocenters. The van der Waals surface area contributed by atoms with Crippen LogP contribution in [0, 0.1) is 11.8 Å². The number of methoxy groups -OCH3 is 1. The van der Waals surface area contributed by atoms with Crippen molar-refractivity contribution >= 4 is 0 Å². The second-order valence-electron chi connectivity index (χ2n) is 6.58. The van der Waals surface area contributed by atoms with Crippen LogP contribution in [0.15, 0.2) is 24.3 Å². The molecule has 3 saturated heterocycles.